The largest absolute Gasteiger partial charge is 0.337 e. The third kappa shape index (κ3) is 3.01. The number of carbonyl (C=O) groups is 1. The SMILES string of the molecule is O=C(c1ccc(Cl)s1)N1CCC[C@H](c2nc3ccccc3s2)C1. The van der Waals surface area contributed by atoms with Crippen LogP contribution in [0.5, 0.6) is 0 Å². The molecule has 0 aliphatic carbocycles. The van der Waals surface area contributed by atoms with Gasteiger partial charge in [-0.1, -0.05) is 23.7 Å². The second kappa shape index (κ2) is 6.23. The topological polar surface area (TPSA) is 33.2 Å². The number of carbonyl (C=O) groups excluding carboxylic acids is 1. The lowest BCUT2D eigenvalue weighted by Crippen LogP contribution is -2.38. The highest BCUT2D eigenvalue weighted by Crippen LogP contribution is 2.34. The summed E-state index contributed by atoms with van der Waals surface area (Å²) in [6, 6.07) is 11.8. The van der Waals surface area contributed by atoms with Gasteiger partial charge in [0.05, 0.1) is 24.4 Å². The van der Waals surface area contributed by atoms with E-state index in [0.29, 0.717) is 10.3 Å². The molecule has 0 unspecified atom stereocenters. The number of likely N-dealkylation sites (tertiary alicyclic amines) is 1. The quantitative estimate of drug-likeness (QED) is 0.640. The Morgan fingerprint density at radius 3 is 2.87 bits per heavy atom. The van der Waals surface area contributed by atoms with E-state index in [1.807, 2.05) is 23.1 Å². The number of nitrogens with zero attached hydrogens (tertiary/aromatic N) is 2. The van der Waals surface area contributed by atoms with E-state index in [2.05, 4.69) is 12.1 Å². The van der Waals surface area contributed by atoms with Crippen LogP contribution in [-0.2, 0) is 0 Å². The number of aromatic nitrogens is 1. The van der Waals surface area contributed by atoms with Crippen molar-refractivity contribution in [1.29, 1.82) is 0 Å². The Balaban J connectivity index is 1.55. The molecule has 4 rings (SSSR count). The average Bonchev–Trinajstić information content (AvgIpc) is 3.20. The number of hydrogen-bond acceptors (Lipinski definition) is 4. The van der Waals surface area contributed by atoms with Crippen molar-refractivity contribution in [1.82, 2.24) is 9.88 Å². The highest BCUT2D eigenvalue weighted by molar-refractivity contribution is 7.18. The summed E-state index contributed by atoms with van der Waals surface area (Å²) in [5.74, 6) is 0.424. The van der Waals surface area contributed by atoms with Crippen molar-refractivity contribution in [2.45, 2.75) is 18.8 Å². The van der Waals surface area contributed by atoms with E-state index < -0.39 is 0 Å². The highest BCUT2D eigenvalue weighted by atomic mass is 35.5. The van der Waals surface area contributed by atoms with Crippen LogP contribution in [-0.4, -0.2) is 28.9 Å². The molecular weight excluding hydrogens is 348 g/mol. The Bertz CT molecular complexity index is 824. The van der Waals surface area contributed by atoms with Crippen molar-refractivity contribution in [3.63, 3.8) is 0 Å². The second-order valence-electron chi connectivity index (χ2n) is 5.71. The number of para-hydroxylation sites is 1. The van der Waals surface area contributed by atoms with Crippen LogP contribution in [0.25, 0.3) is 10.2 Å². The van der Waals surface area contributed by atoms with Gasteiger partial charge in [0.25, 0.3) is 5.91 Å². The maximum absolute atomic E-state index is 12.6. The minimum Gasteiger partial charge on any atom is -0.337 e. The summed E-state index contributed by atoms with van der Waals surface area (Å²) in [7, 11) is 0. The molecule has 2 aromatic heterocycles. The molecule has 3 aromatic rings. The molecule has 1 fully saturated rings. The molecule has 1 aromatic carbocycles. The third-order valence-corrected chi connectivity index (χ3v) is 6.57. The van der Waals surface area contributed by atoms with Crippen LogP contribution in [0.1, 0.15) is 33.4 Å². The standard InChI is InChI=1S/C17H15ClN2OS2/c18-15-8-7-14(22-15)17(21)20-9-3-4-11(10-20)16-19-12-5-1-2-6-13(12)23-16/h1-2,5-8,11H,3-4,9-10H2/t11-/m0/s1. The Morgan fingerprint density at radius 1 is 1.22 bits per heavy atom. The van der Waals surface area contributed by atoms with Crippen LogP contribution in [0.3, 0.4) is 0 Å². The zero-order valence-electron chi connectivity index (χ0n) is 12.4. The van der Waals surface area contributed by atoms with E-state index in [-0.39, 0.29) is 5.91 Å². The van der Waals surface area contributed by atoms with Gasteiger partial charge in [0.2, 0.25) is 0 Å². The Morgan fingerprint density at radius 2 is 2.09 bits per heavy atom. The van der Waals surface area contributed by atoms with Crippen LogP contribution >= 0.6 is 34.3 Å². The van der Waals surface area contributed by atoms with Gasteiger partial charge in [0, 0.05) is 19.0 Å². The van der Waals surface area contributed by atoms with Crippen LogP contribution in [0.2, 0.25) is 4.34 Å². The van der Waals surface area contributed by atoms with E-state index >= 15 is 0 Å². The smallest absolute Gasteiger partial charge is 0.263 e. The fraction of sp³-hybridized carbons (Fsp3) is 0.294. The summed E-state index contributed by atoms with van der Waals surface area (Å²) in [6.07, 6.45) is 2.11. The lowest BCUT2D eigenvalue weighted by atomic mass is 9.98. The van der Waals surface area contributed by atoms with Gasteiger partial charge in [-0.15, -0.1) is 22.7 Å². The minimum absolute atomic E-state index is 0.0905. The molecule has 0 radical (unpaired) electrons. The van der Waals surface area contributed by atoms with E-state index in [1.54, 1.807) is 17.4 Å². The van der Waals surface area contributed by atoms with Crippen molar-refractivity contribution >= 4 is 50.4 Å². The Hall–Kier alpha value is -1.43. The number of thiophene rings is 1. The van der Waals surface area contributed by atoms with Crippen molar-refractivity contribution in [2.75, 3.05) is 13.1 Å². The van der Waals surface area contributed by atoms with Gasteiger partial charge >= 0.3 is 0 Å². The molecule has 0 saturated carbocycles. The number of amides is 1. The van der Waals surface area contributed by atoms with Gasteiger partial charge in [0.1, 0.15) is 0 Å². The lowest BCUT2D eigenvalue weighted by molar-refractivity contribution is 0.0712. The zero-order valence-corrected chi connectivity index (χ0v) is 14.8. The molecule has 0 bridgehead atoms. The van der Waals surface area contributed by atoms with Gasteiger partial charge in [-0.3, -0.25) is 4.79 Å². The molecular formula is C17H15ClN2OS2. The zero-order chi connectivity index (χ0) is 15.8. The number of piperidine rings is 1. The maximum atomic E-state index is 12.6. The summed E-state index contributed by atoms with van der Waals surface area (Å²) in [4.78, 5) is 20.1. The lowest BCUT2D eigenvalue weighted by Gasteiger charge is -2.31. The number of benzene rings is 1. The van der Waals surface area contributed by atoms with Gasteiger partial charge in [-0.25, -0.2) is 4.98 Å². The molecule has 1 atom stereocenters. The third-order valence-electron chi connectivity index (χ3n) is 4.15. The summed E-state index contributed by atoms with van der Waals surface area (Å²) >= 11 is 9.05. The van der Waals surface area contributed by atoms with Crippen molar-refractivity contribution in [3.8, 4) is 0 Å². The van der Waals surface area contributed by atoms with E-state index in [4.69, 9.17) is 16.6 Å². The van der Waals surface area contributed by atoms with Crippen LogP contribution in [0, 0.1) is 0 Å². The number of thiazole rings is 1. The van der Waals surface area contributed by atoms with Gasteiger partial charge < -0.3 is 4.90 Å². The predicted octanol–water partition coefficient (Wildman–Crippen LogP) is 5.03. The van der Waals surface area contributed by atoms with Crippen molar-refractivity contribution < 1.29 is 4.79 Å². The Labute approximate surface area is 147 Å². The molecule has 118 valence electrons. The molecule has 3 heterocycles. The summed E-state index contributed by atoms with van der Waals surface area (Å²) in [5, 5.41) is 1.15. The molecule has 1 aliphatic heterocycles. The molecule has 1 aliphatic rings. The predicted molar refractivity (Wildman–Crippen MR) is 96.8 cm³/mol. The molecule has 0 spiro atoms. The molecule has 1 saturated heterocycles. The average molecular weight is 363 g/mol. The van der Waals surface area contributed by atoms with Gasteiger partial charge in [0.15, 0.2) is 0 Å². The van der Waals surface area contributed by atoms with E-state index in [1.165, 1.54) is 16.0 Å². The first-order valence-electron chi connectivity index (χ1n) is 7.61. The first-order valence-corrected chi connectivity index (χ1v) is 9.62. The second-order valence-corrected chi connectivity index (χ2v) is 8.49. The number of fused-ring (bicyclic) bond motifs is 1. The normalized spacial score (nSPS) is 18.5. The minimum atomic E-state index is 0.0905. The summed E-state index contributed by atoms with van der Waals surface area (Å²) < 4.78 is 1.88. The van der Waals surface area contributed by atoms with Gasteiger partial charge in [-0.05, 0) is 37.1 Å². The van der Waals surface area contributed by atoms with Crippen LogP contribution in [0.4, 0.5) is 0 Å². The number of rotatable bonds is 2. The van der Waals surface area contributed by atoms with Crippen molar-refractivity contribution in [3.05, 3.63) is 50.6 Å². The molecule has 3 nitrogen and oxygen atoms in total. The molecule has 6 heteroatoms. The molecule has 0 N–H and O–H groups in total. The highest BCUT2D eigenvalue weighted by Gasteiger charge is 2.28. The monoisotopic (exact) mass is 362 g/mol. The number of halogens is 1. The fourth-order valence-corrected chi connectivity index (χ4v) is 5.12. The molecule has 23 heavy (non-hydrogen) atoms. The van der Waals surface area contributed by atoms with E-state index in [9.17, 15) is 4.79 Å². The van der Waals surface area contributed by atoms with Crippen LogP contribution < -0.4 is 0 Å². The van der Waals surface area contributed by atoms with Gasteiger partial charge in [-0.2, -0.15) is 0 Å². The number of hydrogen-bond donors (Lipinski definition) is 0. The molecule has 1 amide bonds. The first-order chi connectivity index (χ1) is 11.2. The first kappa shape index (κ1) is 15.1. The summed E-state index contributed by atoms with van der Waals surface area (Å²) in [6.45, 7) is 1.56. The van der Waals surface area contributed by atoms with Crippen LogP contribution in [0.15, 0.2) is 36.4 Å². The van der Waals surface area contributed by atoms with E-state index in [0.717, 1.165) is 41.3 Å². The maximum Gasteiger partial charge on any atom is 0.263 e. The fourth-order valence-electron chi connectivity index (χ4n) is 3.01. The Kier molecular flexibility index (Phi) is 4.09. The van der Waals surface area contributed by atoms with Crippen molar-refractivity contribution in [2.24, 2.45) is 0 Å². The summed E-state index contributed by atoms with van der Waals surface area (Å²) in [5.41, 5.74) is 1.06.